The molecule has 1 aliphatic rings. The molecular weight excluding hydrogens is 326 g/mol. The van der Waals surface area contributed by atoms with Crippen LogP contribution in [-0.4, -0.2) is 17.4 Å². The standard InChI is InChI=1S/C22H21NOS/c1-16-8-10-18(11-9-16)22-20-7-3-2-5-17(20)12-13-23(22)21(24)15-19-6-4-14-25-19/h2-11,14,22H,12-13,15H2,1H3. The van der Waals surface area contributed by atoms with E-state index in [4.69, 9.17) is 0 Å². The fourth-order valence-electron chi connectivity index (χ4n) is 3.61. The Morgan fingerprint density at radius 1 is 1.08 bits per heavy atom. The molecule has 0 saturated carbocycles. The second-order valence-corrected chi connectivity index (χ2v) is 7.64. The number of carbonyl (C=O) groups is 1. The highest BCUT2D eigenvalue weighted by atomic mass is 32.1. The molecule has 126 valence electrons. The van der Waals surface area contributed by atoms with Crippen LogP contribution in [0, 0.1) is 6.92 Å². The second kappa shape index (κ2) is 6.85. The van der Waals surface area contributed by atoms with E-state index in [1.807, 2.05) is 17.5 Å². The highest BCUT2D eigenvalue weighted by Gasteiger charge is 2.31. The summed E-state index contributed by atoms with van der Waals surface area (Å²) in [6, 6.07) is 21.2. The molecule has 3 heteroatoms. The van der Waals surface area contributed by atoms with E-state index >= 15 is 0 Å². The molecule has 1 unspecified atom stereocenters. The lowest BCUT2D eigenvalue weighted by Gasteiger charge is -2.38. The minimum absolute atomic E-state index is 0.0120. The van der Waals surface area contributed by atoms with Crippen LogP contribution in [0.4, 0.5) is 0 Å². The van der Waals surface area contributed by atoms with Crippen LogP contribution in [0.1, 0.15) is 33.2 Å². The number of carbonyl (C=O) groups excluding carboxylic acids is 1. The van der Waals surface area contributed by atoms with E-state index in [2.05, 4.69) is 60.4 Å². The normalized spacial score (nSPS) is 16.5. The summed E-state index contributed by atoms with van der Waals surface area (Å²) in [6.45, 7) is 2.87. The number of benzene rings is 2. The predicted molar refractivity (Wildman–Crippen MR) is 103 cm³/mol. The smallest absolute Gasteiger partial charge is 0.228 e. The molecule has 4 rings (SSSR count). The van der Waals surface area contributed by atoms with Crippen LogP contribution in [0.3, 0.4) is 0 Å². The molecule has 1 atom stereocenters. The van der Waals surface area contributed by atoms with Crippen molar-refractivity contribution in [2.45, 2.75) is 25.8 Å². The van der Waals surface area contributed by atoms with Gasteiger partial charge in [-0.3, -0.25) is 4.79 Å². The summed E-state index contributed by atoms with van der Waals surface area (Å²) >= 11 is 1.65. The number of amides is 1. The molecule has 1 aromatic heterocycles. The van der Waals surface area contributed by atoms with Gasteiger partial charge >= 0.3 is 0 Å². The van der Waals surface area contributed by atoms with Crippen LogP contribution < -0.4 is 0 Å². The molecule has 0 fully saturated rings. The van der Waals surface area contributed by atoms with Gasteiger partial charge in [0, 0.05) is 11.4 Å². The zero-order chi connectivity index (χ0) is 17.2. The van der Waals surface area contributed by atoms with Gasteiger partial charge in [-0.05, 0) is 41.5 Å². The topological polar surface area (TPSA) is 20.3 Å². The maximum atomic E-state index is 13.1. The first kappa shape index (κ1) is 16.1. The Morgan fingerprint density at radius 3 is 2.64 bits per heavy atom. The molecule has 2 aromatic carbocycles. The third kappa shape index (κ3) is 3.24. The molecule has 1 amide bonds. The van der Waals surface area contributed by atoms with Crippen molar-refractivity contribution in [3.05, 3.63) is 93.2 Å². The number of hydrogen-bond acceptors (Lipinski definition) is 2. The van der Waals surface area contributed by atoms with Gasteiger partial charge in [0.05, 0.1) is 12.5 Å². The van der Waals surface area contributed by atoms with Crippen molar-refractivity contribution in [3.8, 4) is 0 Å². The van der Waals surface area contributed by atoms with Crippen LogP contribution >= 0.6 is 11.3 Å². The maximum Gasteiger partial charge on any atom is 0.228 e. The Bertz CT molecular complexity index is 867. The molecule has 0 spiro atoms. The quantitative estimate of drug-likeness (QED) is 0.668. The fourth-order valence-corrected chi connectivity index (χ4v) is 4.30. The zero-order valence-electron chi connectivity index (χ0n) is 14.3. The molecule has 1 aliphatic heterocycles. The van der Waals surface area contributed by atoms with Crippen molar-refractivity contribution >= 4 is 17.2 Å². The molecular formula is C22H21NOS. The van der Waals surface area contributed by atoms with Gasteiger partial charge in [-0.25, -0.2) is 0 Å². The van der Waals surface area contributed by atoms with Gasteiger partial charge in [-0.1, -0.05) is 60.2 Å². The van der Waals surface area contributed by atoms with E-state index < -0.39 is 0 Å². The Kier molecular flexibility index (Phi) is 4.41. The SMILES string of the molecule is Cc1ccc(C2c3ccccc3CCN2C(=O)Cc2cccs2)cc1. The monoisotopic (exact) mass is 347 g/mol. The summed E-state index contributed by atoms with van der Waals surface area (Å²) in [5.41, 5.74) is 5.05. The molecule has 0 bridgehead atoms. The molecule has 2 heterocycles. The molecule has 0 N–H and O–H groups in total. The summed E-state index contributed by atoms with van der Waals surface area (Å²) in [4.78, 5) is 16.3. The van der Waals surface area contributed by atoms with Crippen molar-refractivity contribution in [1.82, 2.24) is 4.90 Å². The van der Waals surface area contributed by atoms with Gasteiger partial charge in [0.1, 0.15) is 0 Å². The van der Waals surface area contributed by atoms with E-state index in [9.17, 15) is 4.79 Å². The molecule has 2 nitrogen and oxygen atoms in total. The summed E-state index contributed by atoms with van der Waals surface area (Å²) in [5.74, 6) is 0.211. The third-order valence-corrected chi connectivity index (χ3v) is 5.78. The van der Waals surface area contributed by atoms with Crippen molar-refractivity contribution in [2.75, 3.05) is 6.54 Å². The van der Waals surface area contributed by atoms with Gasteiger partial charge in [-0.2, -0.15) is 0 Å². The average molecular weight is 347 g/mol. The van der Waals surface area contributed by atoms with Crippen LogP contribution in [0.25, 0.3) is 0 Å². The fraction of sp³-hybridized carbons (Fsp3) is 0.227. The first-order chi connectivity index (χ1) is 12.2. The van der Waals surface area contributed by atoms with Crippen molar-refractivity contribution in [1.29, 1.82) is 0 Å². The maximum absolute atomic E-state index is 13.1. The lowest BCUT2D eigenvalue weighted by molar-refractivity contribution is -0.132. The molecule has 0 saturated heterocycles. The van der Waals surface area contributed by atoms with Crippen LogP contribution in [0.2, 0.25) is 0 Å². The lowest BCUT2D eigenvalue weighted by atomic mass is 9.87. The summed E-state index contributed by atoms with van der Waals surface area (Å²) in [5, 5.41) is 2.03. The Labute approximate surface area is 152 Å². The highest BCUT2D eigenvalue weighted by Crippen LogP contribution is 2.35. The van der Waals surface area contributed by atoms with Crippen molar-refractivity contribution in [2.24, 2.45) is 0 Å². The van der Waals surface area contributed by atoms with Crippen LogP contribution in [0.5, 0.6) is 0 Å². The number of aryl methyl sites for hydroxylation is 1. The lowest BCUT2D eigenvalue weighted by Crippen LogP contribution is -2.41. The van der Waals surface area contributed by atoms with Gasteiger partial charge < -0.3 is 4.90 Å². The van der Waals surface area contributed by atoms with Gasteiger partial charge in [0.25, 0.3) is 0 Å². The minimum Gasteiger partial charge on any atom is -0.331 e. The number of rotatable bonds is 3. The molecule has 25 heavy (non-hydrogen) atoms. The molecule has 0 radical (unpaired) electrons. The molecule has 3 aromatic rings. The van der Waals surface area contributed by atoms with Gasteiger partial charge in [-0.15, -0.1) is 11.3 Å². The van der Waals surface area contributed by atoms with E-state index in [0.29, 0.717) is 6.42 Å². The predicted octanol–water partition coefficient (Wildman–Crippen LogP) is 4.77. The summed E-state index contributed by atoms with van der Waals surface area (Å²) < 4.78 is 0. The average Bonchev–Trinajstić information content (AvgIpc) is 3.14. The van der Waals surface area contributed by atoms with Crippen molar-refractivity contribution in [3.63, 3.8) is 0 Å². The van der Waals surface area contributed by atoms with Crippen LogP contribution in [-0.2, 0) is 17.6 Å². The molecule has 0 aliphatic carbocycles. The minimum atomic E-state index is 0.0120. The van der Waals surface area contributed by atoms with E-state index in [0.717, 1.165) is 17.8 Å². The number of nitrogens with zero attached hydrogens (tertiary/aromatic N) is 1. The summed E-state index contributed by atoms with van der Waals surface area (Å²) in [6.07, 6.45) is 1.41. The van der Waals surface area contributed by atoms with Crippen molar-refractivity contribution < 1.29 is 4.79 Å². The van der Waals surface area contributed by atoms with Gasteiger partial charge in [0.15, 0.2) is 0 Å². The Morgan fingerprint density at radius 2 is 1.88 bits per heavy atom. The van der Waals surface area contributed by atoms with E-state index in [1.54, 1.807) is 11.3 Å². The van der Waals surface area contributed by atoms with E-state index in [-0.39, 0.29) is 11.9 Å². The third-order valence-electron chi connectivity index (χ3n) is 4.90. The zero-order valence-corrected chi connectivity index (χ0v) is 15.1. The second-order valence-electron chi connectivity index (χ2n) is 6.61. The Hall–Kier alpha value is -2.39. The Balaban J connectivity index is 1.72. The van der Waals surface area contributed by atoms with Crippen LogP contribution in [0.15, 0.2) is 66.0 Å². The number of hydrogen-bond donors (Lipinski definition) is 0. The highest BCUT2D eigenvalue weighted by molar-refractivity contribution is 7.10. The largest absolute Gasteiger partial charge is 0.331 e. The first-order valence-corrected chi connectivity index (χ1v) is 9.56. The van der Waals surface area contributed by atoms with Gasteiger partial charge in [0.2, 0.25) is 5.91 Å². The van der Waals surface area contributed by atoms with E-state index in [1.165, 1.54) is 22.3 Å². The summed E-state index contributed by atoms with van der Waals surface area (Å²) in [7, 11) is 0. The number of fused-ring (bicyclic) bond motifs is 1. The number of thiophene rings is 1. The first-order valence-electron chi connectivity index (χ1n) is 8.68.